The number of halogens is 3. The average Bonchev–Trinajstić information content (AvgIpc) is 2.46. The molecule has 4 nitrogen and oxygen atoms in total. The van der Waals surface area contributed by atoms with Gasteiger partial charge in [0.2, 0.25) is 0 Å². The van der Waals surface area contributed by atoms with Crippen LogP contribution in [0.15, 0.2) is 12.4 Å². The first-order valence-electron chi connectivity index (χ1n) is 4.55. The second-order valence-corrected chi connectivity index (χ2v) is 3.51. The Bertz CT molecular complexity index is 373. The number of carbonyl (C=O) groups is 1. The molecule has 7 heteroatoms. The highest BCUT2D eigenvalue weighted by Crippen LogP contribution is 2.32. The molecular formula is C9H11F3N2O2. The lowest BCUT2D eigenvalue weighted by Gasteiger charge is -2.16. The first-order chi connectivity index (χ1) is 7.29. The molecule has 90 valence electrons. The summed E-state index contributed by atoms with van der Waals surface area (Å²) in [6, 6.07) is 0. The number of hydrogen-bond acceptors (Lipinski definition) is 2. The van der Waals surface area contributed by atoms with Crippen LogP contribution in [0.2, 0.25) is 0 Å². The quantitative estimate of drug-likeness (QED) is 0.869. The molecule has 0 saturated carbocycles. The van der Waals surface area contributed by atoms with E-state index in [1.165, 1.54) is 24.0 Å². The Morgan fingerprint density at radius 2 is 2.25 bits per heavy atom. The average molecular weight is 236 g/mol. The third-order valence-corrected chi connectivity index (χ3v) is 2.12. The van der Waals surface area contributed by atoms with Crippen LogP contribution >= 0.6 is 0 Å². The number of alkyl halides is 3. The van der Waals surface area contributed by atoms with Crippen molar-refractivity contribution in [3.05, 3.63) is 18.2 Å². The Labute approximate surface area is 89.7 Å². The molecule has 0 amide bonds. The van der Waals surface area contributed by atoms with E-state index in [9.17, 15) is 18.0 Å². The molecule has 1 N–H and O–H groups in total. The van der Waals surface area contributed by atoms with Crippen molar-refractivity contribution in [1.82, 2.24) is 9.55 Å². The van der Waals surface area contributed by atoms with Crippen LogP contribution in [0, 0.1) is 0 Å². The summed E-state index contributed by atoms with van der Waals surface area (Å²) in [5, 5.41) is 8.57. The molecule has 0 aliphatic heterocycles. The molecular weight excluding hydrogens is 225 g/mol. The minimum atomic E-state index is -4.40. The Morgan fingerprint density at radius 1 is 1.62 bits per heavy atom. The largest absolute Gasteiger partial charge is 0.481 e. The molecule has 0 aliphatic rings. The van der Waals surface area contributed by atoms with Crippen LogP contribution in [0.5, 0.6) is 0 Å². The second kappa shape index (κ2) is 4.54. The number of carboxylic acids is 1. The van der Waals surface area contributed by atoms with Crippen molar-refractivity contribution in [2.24, 2.45) is 7.05 Å². The summed E-state index contributed by atoms with van der Waals surface area (Å²) in [7, 11) is 1.54. The molecule has 1 heterocycles. The van der Waals surface area contributed by atoms with Gasteiger partial charge < -0.3 is 9.67 Å². The van der Waals surface area contributed by atoms with Gasteiger partial charge in [-0.25, -0.2) is 4.98 Å². The number of carboxylic acid groups (broad SMARTS) is 1. The highest BCUT2D eigenvalue weighted by atomic mass is 19.4. The predicted octanol–water partition coefficient (Wildman–Crippen LogP) is 1.93. The van der Waals surface area contributed by atoms with E-state index in [2.05, 4.69) is 4.98 Å². The van der Waals surface area contributed by atoms with Crippen molar-refractivity contribution in [2.45, 2.75) is 24.9 Å². The molecule has 0 spiro atoms. The highest BCUT2D eigenvalue weighted by molar-refractivity contribution is 5.67. The first-order valence-corrected chi connectivity index (χ1v) is 4.55. The second-order valence-electron chi connectivity index (χ2n) is 3.51. The van der Waals surface area contributed by atoms with Crippen LogP contribution in [0.1, 0.15) is 24.6 Å². The van der Waals surface area contributed by atoms with Crippen LogP contribution < -0.4 is 0 Å². The fourth-order valence-corrected chi connectivity index (χ4v) is 1.52. The number of rotatable bonds is 4. The summed E-state index contributed by atoms with van der Waals surface area (Å²) in [6.45, 7) is 0. The molecule has 0 fully saturated rings. The number of aromatic nitrogens is 2. The van der Waals surface area contributed by atoms with Gasteiger partial charge in [-0.3, -0.25) is 4.79 Å². The van der Waals surface area contributed by atoms with Crippen molar-refractivity contribution >= 4 is 5.97 Å². The zero-order valence-corrected chi connectivity index (χ0v) is 8.53. The summed E-state index contributed by atoms with van der Waals surface area (Å²) in [5.74, 6) is -2.27. The number of nitrogens with zero attached hydrogens (tertiary/aromatic N) is 2. The van der Waals surface area contributed by atoms with Gasteiger partial charge in [-0.15, -0.1) is 0 Å². The molecule has 1 unspecified atom stereocenters. The van der Waals surface area contributed by atoms with E-state index in [-0.39, 0.29) is 5.82 Å². The Morgan fingerprint density at radius 3 is 2.62 bits per heavy atom. The summed E-state index contributed by atoms with van der Waals surface area (Å²) in [5.41, 5.74) is 0. The van der Waals surface area contributed by atoms with Gasteiger partial charge in [0.25, 0.3) is 0 Å². The van der Waals surface area contributed by atoms with E-state index in [0.29, 0.717) is 0 Å². The van der Waals surface area contributed by atoms with E-state index in [4.69, 9.17) is 5.11 Å². The minimum absolute atomic E-state index is 0.139. The van der Waals surface area contributed by atoms with Gasteiger partial charge in [0, 0.05) is 25.4 Å². The van der Waals surface area contributed by atoms with E-state index >= 15 is 0 Å². The summed E-state index contributed by atoms with van der Waals surface area (Å²) >= 11 is 0. The highest BCUT2D eigenvalue weighted by Gasteiger charge is 2.35. The molecule has 1 aromatic heterocycles. The fourth-order valence-electron chi connectivity index (χ4n) is 1.52. The van der Waals surface area contributed by atoms with E-state index in [1.807, 2.05) is 0 Å². The maximum absolute atomic E-state index is 12.2. The first kappa shape index (κ1) is 12.5. The number of aryl methyl sites for hydroxylation is 1. The maximum Gasteiger partial charge on any atom is 0.389 e. The van der Waals surface area contributed by atoms with Gasteiger partial charge in [-0.2, -0.15) is 13.2 Å². The predicted molar refractivity (Wildman–Crippen MR) is 48.9 cm³/mol. The lowest BCUT2D eigenvalue weighted by atomic mass is 10.0. The van der Waals surface area contributed by atoms with Crippen molar-refractivity contribution in [2.75, 3.05) is 0 Å². The molecule has 0 radical (unpaired) electrons. The molecule has 0 aromatic carbocycles. The number of imidazole rings is 1. The zero-order valence-electron chi connectivity index (χ0n) is 8.53. The summed E-state index contributed by atoms with van der Waals surface area (Å²) in [4.78, 5) is 14.3. The molecule has 1 atom stereocenters. The topological polar surface area (TPSA) is 55.1 Å². The molecule has 0 aliphatic carbocycles. The van der Waals surface area contributed by atoms with Crippen molar-refractivity contribution in [3.8, 4) is 0 Å². The van der Waals surface area contributed by atoms with E-state index < -0.39 is 30.9 Å². The molecule has 16 heavy (non-hydrogen) atoms. The van der Waals surface area contributed by atoms with Crippen LogP contribution in [0.25, 0.3) is 0 Å². The smallest absolute Gasteiger partial charge is 0.389 e. The standard InChI is InChI=1S/C9H11F3N2O2/c1-14-3-2-13-8(14)6(4-7(15)16)5-9(10,11)12/h2-3,6H,4-5H2,1H3,(H,15,16). The minimum Gasteiger partial charge on any atom is -0.481 e. The van der Waals surface area contributed by atoms with Crippen LogP contribution in [0.4, 0.5) is 13.2 Å². The fraction of sp³-hybridized carbons (Fsp3) is 0.556. The van der Waals surface area contributed by atoms with Gasteiger partial charge in [-0.05, 0) is 0 Å². The SMILES string of the molecule is Cn1ccnc1C(CC(=O)O)CC(F)(F)F. The molecule has 0 saturated heterocycles. The molecule has 0 bridgehead atoms. The summed E-state index contributed by atoms with van der Waals surface area (Å²) < 4.78 is 38.2. The van der Waals surface area contributed by atoms with Crippen LogP contribution in [-0.4, -0.2) is 26.8 Å². The zero-order chi connectivity index (χ0) is 12.3. The Kier molecular flexibility index (Phi) is 3.56. The van der Waals surface area contributed by atoms with Gasteiger partial charge in [0.1, 0.15) is 5.82 Å². The Balaban J connectivity index is 2.88. The lowest BCUT2D eigenvalue weighted by molar-refractivity contribution is -0.146. The maximum atomic E-state index is 12.2. The van der Waals surface area contributed by atoms with Gasteiger partial charge >= 0.3 is 12.1 Å². The van der Waals surface area contributed by atoms with Crippen molar-refractivity contribution in [1.29, 1.82) is 0 Å². The Hall–Kier alpha value is -1.53. The normalized spacial score (nSPS) is 13.8. The third-order valence-electron chi connectivity index (χ3n) is 2.12. The molecule has 1 rings (SSSR count). The third kappa shape index (κ3) is 3.56. The lowest BCUT2D eigenvalue weighted by Crippen LogP contribution is -2.19. The van der Waals surface area contributed by atoms with Gasteiger partial charge in [0.05, 0.1) is 12.8 Å². The van der Waals surface area contributed by atoms with Crippen molar-refractivity contribution in [3.63, 3.8) is 0 Å². The van der Waals surface area contributed by atoms with Gasteiger partial charge in [-0.1, -0.05) is 0 Å². The molecule has 1 aromatic rings. The van der Waals surface area contributed by atoms with Crippen LogP contribution in [-0.2, 0) is 11.8 Å². The summed E-state index contributed by atoms with van der Waals surface area (Å²) in [6.07, 6.45) is -3.32. The van der Waals surface area contributed by atoms with Crippen LogP contribution in [0.3, 0.4) is 0 Å². The number of hydrogen-bond donors (Lipinski definition) is 1. The monoisotopic (exact) mass is 236 g/mol. The number of aliphatic carboxylic acids is 1. The van der Waals surface area contributed by atoms with Crippen molar-refractivity contribution < 1.29 is 23.1 Å². The van der Waals surface area contributed by atoms with E-state index in [0.717, 1.165) is 0 Å². The van der Waals surface area contributed by atoms with Gasteiger partial charge in [0.15, 0.2) is 0 Å². The van der Waals surface area contributed by atoms with E-state index in [1.54, 1.807) is 0 Å².